The molecule has 3 rings (SSSR count). The number of benzene rings is 1. The fourth-order valence-electron chi connectivity index (χ4n) is 1.61. The van der Waals surface area contributed by atoms with E-state index in [1.54, 1.807) is 4.88 Å². The molecule has 0 unspecified atom stereocenters. The van der Waals surface area contributed by atoms with Crippen LogP contribution in [0.3, 0.4) is 0 Å². The van der Waals surface area contributed by atoms with Crippen molar-refractivity contribution in [3.63, 3.8) is 0 Å². The van der Waals surface area contributed by atoms with Crippen LogP contribution in [0.4, 0.5) is 0 Å². The zero-order valence-corrected chi connectivity index (χ0v) is 9.49. The van der Waals surface area contributed by atoms with E-state index in [0.29, 0.717) is 0 Å². The topological polar surface area (TPSA) is 0 Å². The maximum Gasteiger partial charge on any atom is 0.0357 e. The highest BCUT2D eigenvalue weighted by atomic mass is 79.9. The largest absolute Gasteiger partial charge is 0.140 e. The summed E-state index contributed by atoms with van der Waals surface area (Å²) in [6.45, 7) is 0. The van der Waals surface area contributed by atoms with E-state index in [1.165, 1.54) is 27.4 Å². The number of hydrogen-bond acceptors (Lipinski definition) is 1. The Balaban J connectivity index is 2.26. The molecule has 2 heteroatoms. The predicted molar refractivity (Wildman–Crippen MR) is 61.5 cm³/mol. The SMILES string of the molecule is Brc1cccc2sc(C3CC3)cc12. The van der Waals surface area contributed by atoms with Crippen molar-refractivity contribution in [1.29, 1.82) is 0 Å². The summed E-state index contributed by atoms with van der Waals surface area (Å²) in [5, 5.41) is 1.38. The van der Waals surface area contributed by atoms with Crippen LogP contribution in [0.1, 0.15) is 23.6 Å². The van der Waals surface area contributed by atoms with Gasteiger partial charge in [0.15, 0.2) is 0 Å². The molecule has 1 saturated carbocycles. The second-order valence-electron chi connectivity index (χ2n) is 3.57. The summed E-state index contributed by atoms with van der Waals surface area (Å²) < 4.78 is 2.64. The highest BCUT2D eigenvalue weighted by molar-refractivity contribution is 9.10. The molecule has 1 fully saturated rings. The molecule has 0 radical (unpaired) electrons. The van der Waals surface area contributed by atoms with Crippen molar-refractivity contribution in [2.45, 2.75) is 18.8 Å². The third-order valence-electron chi connectivity index (χ3n) is 2.51. The van der Waals surface area contributed by atoms with Gasteiger partial charge in [-0.3, -0.25) is 0 Å². The minimum atomic E-state index is 0.879. The molecule has 0 amide bonds. The Morgan fingerprint density at radius 2 is 2.15 bits per heavy atom. The molecule has 1 heterocycles. The van der Waals surface area contributed by atoms with Crippen molar-refractivity contribution >= 4 is 37.4 Å². The first-order chi connectivity index (χ1) is 6.34. The lowest BCUT2D eigenvalue weighted by Crippen LogP contribution is -1.66. The standard InChI is InChI=1S/C11H9BrS/c12-9-2-1-3-10-8(9)6-11(13-10)7-4-5-7/h1-3,6-7H,4-5H2. The molecular formula is C11H9BrS. The van der Waals surface area contributed by atoms with E-state index in [1.807, 2.05) is 11.3 Å². The highest BCUT2D eigenvalue weighted by Crippen LogP contribution is 2.45. The first-order valence-electron chi connectivity index (χ1n) is 4.52. The van der Waals surface area contributed by atoms with Gasteiger partial charge in [-0.05, 0) is 37.0 Å². The summed E-state index contributed by atoms with van der Waals surface area (Å²) in [6, 6.07) is 8.78. The smallest absolute Gasteiger partial charge is 0.0357 e. The van der Waals surface area contributed by atoms with E-state index in [-0.39, 0.29) is 0 Å². The third-order valence-corrected chi connectivity index (χ3v) is 4.46. The Bertz CT molecular complexity index is 454. The van der Waals surface area contributed by atoms with Gasteiger partial charge >= 0.3 is 0 Å². The van der Waals surface area contributed by atoms with Crippen LogP contribution < -0.4 is 0 Å². The Labute approximate surface area is 89.7 Å². The molecule has 0 N–H and O–H groups in total. The van der Waals surface area contributed by atoms with Crippen LogP contribution in [0.25, 0.3) is 10.1 Å². The molecule has 66 valence electrons. The summed E-state index contributed by atoms with van der Waals surface area (Å²) in [4.78, 5) is 1.57. The summed E-state index contributed by atoms with van der Waals surface area (Å²) in [6.07, 6.45) is 2.79. The van der Waals surface area contributed by atoms with Crippen LogP contribution >= 0.6 is 27.3 Å². The molecule has 2 aromatic rings. The zero-order chi connectivity index (χ0) is 8.84. The average molecular weight is 253 g/mol. The summed E-state index contributed by atoms with van der Waals surface area (Å²) >= 11 is 5.54. The van der Waals surface area contributed by atoms with Gasteiger partial charge in [0.1, 0.15) is 0 Å². The van der Waals surface area contributed by atoms with Crippen LogP contribution in [-0.4, -0.2) is 0 Å². The summed E-state index contributed by atoms with van der Waals surface area (Å²) in [5.41, 5.74) is 0. The van der Waals surface area contributed by atoms with Crippen molar-refractivity contribution in [2.24, 2.45) is 0 Å². The normalized spacial score (nSPS) is 16.7. The minimum Gasteiger partial charge on any atom is -0.140 e. The fraction of sp³-hybridized carbons (Fsp3) is 0.273. The molecule has 1 aromatic carbocycles. The first kappa shape index (κ1) is 8.01. The lowest BCUT2D eigenvalue weighted by molar-refractivity contribution is 1.18. The van der Waals surface area contributed by atoms with Crippen LogP contribution in [0.2, 0.25) is 0 Å². The molecule has 0 nitrogen and oxygen atoms in total. The number of thiophene rings is 1. The van der Waals surface area contributed by atoms with Crippen molar-refractivity contribution in [1.82, 2.24) is 0 Å². The highest BCUT2D eigenvalue weighted by Gasteiger charge is 2.25. The van der Waals surface area contributed by atoms with E-state index >= 15 is 0 Å². The molecule has 1 aliphatic rings. The first-order valence-corrected chi connectivity index (χ1v) is 6.13. The number of halogens is 1. The minimum absolute atomic E-state index is 0.879. The second kappa shape index (κ2) is 2.82. The van der Waals surface area contributed by atoms with E-state index in [2.05, 4.69) is 40.2 Å². The van der Waals surface area contributed by atoms with Gasteiger partial charge in [-0.15, -0.1) is 11.3 Å². The quantitative estimate of drug-likeness (QED) is 0.699. The van der Waals surface area contributed by atoms with Crippen molar-refractivity contribution in [3.8, 4) is 0 Å². The molecule has 0 atom stereocenters. The Kier molecular flexibility index (Phi) is 1.74. The van der Waals surface area contributed by atoms with Crippen LogP contribution in [0.15, 0.2) is 28.7 Å². The summed E-state index contributed by atoms with van der Waals surface area (Å²) in [5.74, 6) is 0.879. The summed E-state index contributed by atoms with van der Waals surface area (Å²) in [7, 11) is 0. The van der Waals surface area contributed by atoms with E-state index < -0.39 is 0 Å². The molecule has 0 aliphatic heterocycles. The average Bonchev–Trinajstić information content (AvgIpc) is 2.87. The van der Waals surface area contributed by atoms with E-state index in [4.69, 9.17) is 0 Å². The lowest BCUT2D eigenvalue weighted by Gasteiger charge is -1.89. The molecule has 0 spiro atoms. The third kappa shape index (κ3) is 1.32. The Morgan fingerprint density at radius 3 is 2.85 bits per heavy atom. The zero-order valence-electron chi connectivity index (χ0n) is 7.09. The molecule has 13 heavy (non-hydrogen) atoms. The maximum absolute atomic E-state index is 3.59. The van der Waals surface area contributed by atoms with Gasteiger partial charge in [0.25, 0.3) is 0 Å². The maximum atomic E-state index is 3.59. The van der Waals surface area contributed by atoms with Gasteiger partial charge in [-0.2, -0.15) is 0 Å². The number of hydrogen-bond donors (Lipinski definition) is 0. The molecule has 1 aliphatic carbocycles. The van der Waals surface area contributed by atoms with Crippen molar-refractivity contribution in [2.75, 3.05) is 0 Å². The van der Waals surface area contributed by atoms with Gasteiger partial charge < -0.3 is 0 Å². The van der Waals surface area contributed by atoms with E-state index in [0.717, 1.165) is 5.92 Å². The number of fused-ring (bicyclic) bond motifs is 1. The van der Waals surface area contributed by atoms with Crippen LogP contribution in [0, 0.1) is 0 Å². The molecule has 0 bridgehead atoms. The second-order valence-corrected chi connectivity index (χ2v) is 5.54. The van der Waals surface area contributed by atoms with Gasteiger partial charge in [0, 0.05) is 19.4 Å². The van der Waals surface area contributed by atoms with Crippen molar-refractivity contribution in [3.05, 3.63) is 33.6 Å². The molecular weight excluding hydrogens is 244 g/mol. The molecule has 1 aromatic heterocycles. The van der Waals surface area contributed by atoms with Gasteiger partial charge in [0.2, 0.25) is 0 Å². The van der Waals surface area contributed by atoms with Gasteiger partial charge in [-0.1, -0.05) is 22.0 Å². The monoisotopic (exact) mass is 252 g/mol. The van der Waals surface area contributed by atoms with Crippen LogP contribution in [0.5, 0.6) is 0 Å². The predicted octanol–water partition coefficient (Wildman–Crippen LogP) is 4.54. The van der Waals surface area contributed by atoms with Crippen molar-refractivity contribution < 1.29 is 0 Å². The Hall–Kier alpha value is -0.340. The molecule has 0 saturated heterocycles. The fourth-order valence-corrected chi connectivity index (χ4v) is 3.48. The van der Waals surface area contributed by atoms with Gasteiger partial charge in [0.05, 0.1) is 0 Å². The lowest BCUT2D eigenvalue weighted by atomic mass is 10.2. The van der Waals surface area contributed by atoms with Gasteiger partial charge in [-0.25, -0.2) is 0 Å². The Morgan fingerprint density at radius 1 is 1.31 bits per heavy atom. The number of rotatable bonds is 1. The van der Waals surface area contributed by atoms with Crippen LogP contribution in [-0.2, 0) is 0 Å². The van der Waals surface area contributed by atoms with E-state index in [9.17, 15) is 0 Å².